The second-order valence-corrected chi connectivity index (χ2v) is 5.90. The molecule has 0 aliphatic carbocycles. The molecule has 24 heavy (non-hydrogen) atoms. The highest BCUT2D eigenvalue weighted by Crippen LogP contribution is 2.26. The van der Waals surface area contributed by atoms with Gasteiger partial charge in [-0.05, 0) is 48.5 Å². The first-order chi connectivity index (χ1) is 11.6. The average Bonchev–Trinajstić information content (AvgIpc) is 2.55. The molecule has 0 N–H and O–H groups in total. The molecule has 5 heteroatoms. The SMILES string of the molecule is Fc1cccc(Oc2ccc(OCc3ccc(Cl)cc3Cl)cc2)c1. The van der Waals surface area contributed by atoms with Gasteiger partial charge < -0.3 is 9.47 Å². The molecule has 3 aromatic rings. The van der Waals surface area contributed by atoms with Gasteiger partial charge in [0.15, 0.2) is 0 Å². The first-order valence-corrected chi connectivity index (χ1v) is 7.96. The standard InChI is InChI=1S/C19H13Cl2FO2/c20-14-5-4-13(19(21)10-14)12-23-16-6-8-17(9-7-16)24-18-3-1-2-15(22)11-18/h1-11H,12H2. The molecule has 0 amide bonds. The molecule has 0 saturated carbocycles. The summed E-state index contributed by atoms with van der Waals surface area (Å²) >= 11 is 12.0. The first kappa shape index (κ1) is 16.6. The van der Waals surface area contributed by atoms with E-state index in [-0.39, 0.29) is 5.82 Å². The third-order valence-corrected chi connectivity index (χ3v) is 3.85. The van der Waals surface area contributed by atoms with Crippen LogP contribution in [0.25, 0.3) is 0 Å². The summed E-state index contributed by atoms with van der Waals surface area (Å²) in [5.41, 5.74) is 0.848. The van der Waals surface area contributed by atoms with Gasteiger partial charge in [0, 0.05) is 21.7 Å². The second kappa shape index (κ2) is 7.56. The number of hydrogen-bond acceptors (Lipinski definition) is 2. The Morgan fingerprint density at radius 2 is 1.54 bits per heavy atom. The maximum Gasteiger partial charge on any atom is 0.130 e. The summed E-state index contributed by atoms with van der Waals surface area (Å²) in [5.74, 6) is 1.37. The van der Waals surface area contributed by atoms with E-state index in [1.807, 2.05) is 6.07 Å². The minimum Gasteiger partial charge on any atom is -0.489 e. The van der Waals surface area contributed by atoms with Crippen molar-refractivity contribution in [2.45, 2.75) is 6.61 Å². The average molecular weight is 363 g/mol. The molecule has 122 valence electrons. The molecular formula is C19H13Cl2FO2. The summed E-state index contributed by atoms with van der Waals surface area (Å²) < 4.78 is 24.4. The Morgan fingerprint density at radius 3 is 2.25 bits per heavy atom. The van der Waals surface area contributed by atoms with Crippen molar-refractivity contribution in [3.05, 3.63) is 88.2 Å². The van der Waals surface area contributed by atoms with Crippen molar-refractivity contribution in [3.8, 4) is 17.2 Å². The zero-order chi connectivity index (χ0) is 16.9. The zero-order valence-electron chi connectivity index (χ0n) is 12.5. The Labute approximate surface area is 149 Å². The largest absolute Gasteiger partial charge is 0.489 e. The van der Waals surface area contributed by atoms with E-state index in [4.69, 9.17) is 32.7 Å². The predicted octanol–water partition coefficient (Wildman–Crippen LogP) is 6.50. The lowest BCUT2D eigenvalue weighted by molar-refractivity contribution is 0.306. The molecule has 0 spiro atoms. The third kappa shape index (κ3) is 4.40. The van der Waals surface area contributed by atoms with Gasteiger partial charge in [-0.15, -0.1) is 0 Å². The van der Waals surface area contributed by atoms with E-state index >= 15 is 0 Å². The Bertz CT molecular complexity index is 835. The van der Waals surface area contributed by atoms with E-state index in [2.05, 4.69) is 0 Å². The van der Waals surface area contributed by atoms with Crippen LogP contribution in [0.3, 0.4) is 0 Å². The minimum atomic E-state index is -0.340. The molecule has 0 heterocycles. The number of halogens is 3. The molecule has 0 atom stereocenters. The highest BCUT2D eigenvalue weighted by Gasteiger charge is 2.04. The lowest BCUT2D eigenvalue weighted by Crippen LogP contribution is -1.96. The van der Waals surface area contributed by atoms with Crippen molar-refractivity contribution >= 4 is 23.2 Å². The van der Waals surface area contributed by atoms with E-state index in [9.17, 15) is 4.39 Å². The topological polar surface area (TPSA) is 18.5 Å². The number of hydrogen-bond donors (Lipinski definition) is 0. The van der Waals surface area contributed by atoms with E-state index in [1.54, 1.807) is 48.5 Å². The molecule has 0 aliphatic heterocycles. The molecule has 0 fully saturated rings. The number of rotatable bonds is 5. The maximum absolute atomic E-state index is 13.1. The summed E-state index contributed by atoms with van der Waals surface area (Å²) in [7, 11) is 0. The van der Waals surface area contributed by atoms with Gasteiger partial charge in [-0.25, -0.2) is 4.39 Å². The number of ether oxygens (including phenoxy) is 2. The van der Waals surface area contributed by atoms with Gasteiger partial charge in [-0.2, -0.15) is 0 Å². The summed E-state index contributed by atoms with van der Waals surface area (Å²) in [6.45, 7) is 0.333. The van der Waals surface area contributed by atoms with Crippen molar-refractivity contribution < 1.29 is 13.9 Å². The van der Waals surface area contributed by atoms with Gasteiger partial charge in [0.05, 0.1) is 0 Å². The maximum atomic E-state index is 13.1. The fourth-order valence-electron chi connectivity index (χ4n) is 2.07. The summed E-state index contributed by atoms with van der Waals surface area (Å²) in [6, 6.07) is 18.3. The smallest absolute Gasteiger partial charge is 0.130 e. The molecule has 2 nitrogen and oxygen atoms in total. The van der Waals surface area contributed by atoms with E-state index in [0.29, 0.717) is 33.9 Å². The molecule has 0 aromatic heterocycles. The molecule has 3 rings (SSSR count). The van der Waals surface area contributed by atoms with Gasteiger partial charge in [0.1, 0.15) is 29.7 Å². The van der Waals surface area contributed by atoms with Crippen LogP contribution in [0, 0.1) is 5.82 Å². The third-order valence-electron chi connectivity index (χ3n) is 3.26. The van der Waals surface area contributed by atoms with Crippen LogP contribution in [-0.4, -0.2) is 0 Å². The molecule has 0 saturated heterocycles. The van der Waals surface area contributed by atoms with Crippen LogP contribution in [0.5, 0.6) is 17.2 Å². The van der Waals surface area contributed by atoms with Crippen LogP contribution in [0.1, 0.15) is 5.56 Å². The second-order valence-electron chi connectivity index (χ2n) is 5.06. The highest BCUT2D eigenvalue weighted by atomic mass is 35.5. The Hall–Kier alpha value is -2.23. The Kier molecular flexibility index (Phi) is 5.24. The summed E-state index contributed by atoms with van der Waals surface area (Å²) in [5, 5.41) is 1.15. The van der Waals surface area contributed by atoms with Crippen molar-refractivity contribution in [2.75, 3.05) is 0 Å². The first-order valence-electron chi connectivity index (χ1n) is 7.20. The van der Waals surface area contributed by atoms with Gasteiger partial charge in [0.2, 0.25) is 0 Å². The Balaban J connectivity index is 1.62. The Morgan fingerprint density at radius 1 is 0.792 bits per heavy atom. The van der Waals surface area contributed by atoms with E-state index in [0.717, 1.165) is 5.56 Å². The van der Waals surface area contributed by atoms with Crippen LogP contribution >= 0.6 is 23.2 Å². The van der Waals surface area contributed by atoms with Crippen LogP contribution in [0.15, 0.2) is 66.7 Å². The number of benzene rings is 3. The summed E-state index contributed by atoms with van der Waals surface area (Å²) in [4.78, 5) is 0. The highest BCUT2D eigenvalue weighted by molar-refractivity contribution is 6.35. The quantitative estimate of drug-likeness (QED) is 0.515. The van der Waals surface area contributed by atoms with Crippen molar-refractivity contribution in [3.63, 3.8) is 0 Å². The fraction of sp³-hybridized carbons (Fsp3) is 0.0526. The monoisotopic (exact) mass is 362 g/mol. The molecule has 0 unspecified atom stereocenters. The molecule has 0 radical (unpaired) electrons. The molecular weight excluding hydrogens is 350 g/mol. The molecule has 0 aliphatic rings. The van der Waals surface area contributed by atoms with Crippen molar-refractivity contribution in [1.82, 2.24) is 0 Å². The van der Waals surface area contributed by atoms with Crippen LogP contribution < -0.4 is 9.47 Å². The lowest BCUT2D eigenvalue weighted by atomic mass is 10.2. The summed E-state index contributed by atoms with van der Waals surface area (Å²) in [6.07, 6.45) is 0. The van der Waals surface area contributed by atoms with E-state index in [1.165, 1.54) is 12.1 Å². The molecule has 3 aromatic carbocycles. The van der Waals surface area contributed by atoms with E-state index < -0.39 is 0 Å². The van der Waals surface area contributed by atoms with Gasteiger partial charge in [0.25, 0.3) is 0 Å². The van der Waals surface area contributed by atoms with Crippen molar-refractivity contribution in [2.24, 2.45) is 0 Å². The normalized spacial score (nSPS) is 10.5. The fourth-order valence-corrected chi connectivity index (χ4v) is 2.53. The zero-order valence-corrected chi connectivity index (χ0v) is 14.0. The van der Waals surface area contributed by atoms with Crippen molar-refractivity contribution in [1.29, 1.82) is 0 Å². The predicted molar refractivity (Wildman–Crippen MR) is 93.7 cm³/mol. The lowest BCUT2D eigenvalue weighted by Gasteiger charge is -2.10. The van der Waals surface area contributed by atoms with Crippen LogP contribution in [0.4, 0.5) is 4.39 Å². The molecule has 0 bridgehead atoms. The minimum absolute atomic E-state index is 0.333. The van der Waals surface area contributed by atoms with Crippen LogP contribution in [-0.2, 0) is 6.61 Å². The van der Waals surface area contributed by atoms with Gasteiger partial charge in [-0.1, -0.05) is 35.3 Å². The van der Waals surface area contributed by atoms with Crippen LogP contribution in [0.2, 0.25) is 10.0 Å². The van der Waals surface area contributed by atoms with Gasteiger partial charge >= 0.3 is 0 Å². The van der Waals surface area contributed by atoms with Gasteiger partial charge in [-0.3, -0.25) is 0 Å².